The zero-order chi connectivity index (χ0) is 12.8. The quantitative estimate of drug-likeness (QED) is 0.673. The van der Waals surface area contributed by atoms with Crippen LogP contribution in [0, 0.1) is 11.8 Å². The van der Waals surface area contributed by atoms with E-state index in [0.29, 0.717) is 18.8 Å². The first-order valence-electron chi connectivity index (χ1n) is 6.26. The van der Waals surface area contributed by atoms with Crippen LogP contribution in [-0.4, -0.2) is 21.8 Å². The summed E-state index contributed by atoms with van der Waals surface area (Å²) in [5.74, 6) is -0.122. The smallest absolute Gasteiger partial charge is 0.303 e. The predicted octanol–water partition coefficient (Wildman–Crippen LogP) is 3.06. The van der Waals surface area contributed by atoms with E-state index in [-0.39, 0.29) is 12.3 Å². The molecule has 2 N–H and O–H groups in total. The van der Waals surface area contributed by atoms with Gasteiger partial charge in [-0.1, -0.05) is 34.1 Å². The molecule has 0 fully saturated rings. The average molecular weight is 230 g/mol. The number of rotatable bonds is 8. The molecule has 0 aromatic rings. The fraction of sp³-hybridized carbons (Fsp3) is 0.923. The van der Waals surface area contributed by atoms with Crippen molar-refractivity contribution in [2.45, 2.75) is 65.4 Å². The van der Waals surface area contributed by atoms with E-state index < -0.39 is 11.6 Å². The third kappa shape index (κ3) is 5.50. The highest BCUT2D eigenvalue weighted by Crippen LogP contribution is 2.32. The van der Waals surface area contributed by atoms with Crippen LogP contribution in [0.2, 0.25) is 0 Å². The number of hydrogen-bond acceptors (Lipinski definition) is 2. The summed E-state index contributed by atoms with van der Waals surface area (Å²) in [4.78, 5) is 10.5. The fourth-order valence-corrected chi connectivity index (χ4v) is 2.18. The van der Waals surface area contributed by atoms with E-state index >= 15 is 0 Å². The second-order valence-corrected chi connectivity index (χ2v) is 5.26. The van der Waals surface area contributed by atoms with Crippen LogP contribution < -0.4 is 0 Å². The monoisotopic (exact) mass is 230 g/mol. The Morgan fingerprint density at radius 2 is 1.88 bits per heavy atom. The van der Waals surface area contributed by atoms with Gasteiger partial charge in [-0.3, -0.25) is 4.79 Å². The van der Waals surface area contributed by atoms with Gasteiger partial charge in [0.1, 0.15) is 0 Å². The van der Waals surface area contributed by atoms with Crippen LogP contribution in [0.4, 0.5) is 0 Å². The molecule has 96 valence electrons. The fourth-order valence-electron chi connectivity index (χ4n) is 2.18. The molecule has 0 aromatic carbocycles. The first kappa shape index (κ1) is 15.4. The lowest BCUT2D eigenvalue weighted by Crippen LogP contribution is -2.37. The van der Waals surface area contributed by atoms with Crippen molar-refractivity contribution in [2.24, 2.45) is 11.8 Å². The minimum atomic E-state index is -0.781. The van der Waals surface area contributed by atoms with Crippen molar-refractivity contribution < 1.29 is 15.0 Å². The summed E-state index contributed by atoms with van der Waals surface area (Å²) < 4.78 is 0. The second-order valence-electron chi connectivity index (χ2n) is 5.26. The van der Waals surface area contributed by atoms with Crippen LogP contribution in [0.15, 0.2) is 0 Å². The van der Waals surface area contributed by atoms with Crippen LogP contribution >= 0.6 is 0 Å². The molecule has 3 heteroatoms. The molecule has 0 amide bonds. The van der Waals surface area contributed by atoms with Gasteiger partial charge in [0, 0.05) is 6.42 Å². The molecule has 0 spiro atoms. The van der Waals surface area contributed by atoms with Gasteiger partial charge >= 0.3 is 5.97 Å². The number of carbonyl (C=O) groups is 1. The van der Waals surface area contributed by atoms with Crippen molar-refractivity contribution in [1.82, 2.24) is 0 Å². The van der Waals surface area contributed by atoms with Crippen LogP contribution in [-0.2, 0) is 4.79 Å². The molecule has 0 aromatic heterocycles. The van der Waals surface area contributed by atoms with E-state index in [9.17, 15) is 9.90 Å². The first-order chi connectivity index (χ1) is 7.31. The number of aliphatic hydroxyl groups is 1. The van der Waals surface area contributed by atoms with E-state index in [4.69, 9.17) is 5.11 Å². The Labute approximate surface area is 98.9 Å². The molecule has 0 aliphatic heterocycles. The van der Waals surface area contributed by atoms with Crippen molar-refractivity contribution in [3.05, 3.63) is 0 Å². The molecule has 0 rings (SSSR count). The normalized spacial score (nSPS) is 17.1. The number of carboxylic acids is 1. The second kappa shape index (κ2) is 6.89. The number of aliphatic carboxylic acids is 1. The van der Waals surface area contributed by atoms with Gasteiger partial charge in [0.2, 0.25) is 0 Å². The van der Waals surface area contributed by atoms with Crippen molar-refractivity contribution >= 4 is 5.97 Å². The maximum Gasteiger partial charge on any atom is 0.303 e. The van der Waals surface area contributed by atoms with Gasteiger partial charge in [-0.05, 0) is 31.1 Å². The molecule has 0 bridgehead atoms. The maximum atomic E-state index is 10.6. The van der Waals surface area contributed by atoms with E-state index in [0.717, 1.165) is 12.8 Å². The third-order valence-corrected chi connectivity index (χ3v) is 3.29. The molecular formula is C13H26O3. The summed E-state index contributed by atoms with van der Waals surface area (Å²) in [7, 11) is 0. The highest BCUT2D eigenvalue weighted by Gasteiger charge is 2.32. The van der Waals surface area contributed by atoms with Crippen LogP contribution in [0.3, 0.4) is 0 Å². The maximum absolute atomic E-state index is 10.6. The first-order valence-corrected chi connectivity index (χ1v) is 6.26. The zero-order valence-electron chi connectivity index (χ0n) is 11.0. The SMILES string of the molecule is CCC(C)C(O)(CCCC(=O)O)CC(C)C. The lowest BCUT2D eigenvalue weighted by Gasteiger charge is -2.35. The summed E-state index contributed by atoms with van der Waals surface area (Å²) in [5, 5.41) is 19.2. The van der Waals surface area contributed by atoms with Crippen molar-refractivity contribution in [1.29, 1.82) is 0 Å². The largest absolute Gasteiger partial charge is 0.481 e. The third-order valence-electron chi connectivity index (χ3n) is 3.29. The van der Waals surface area contributed by atoms with Crippen LogP contribution in [0.25, 0.3) is 0 Å². The molecule has 0 saturated heterocycles. The molecular weight excluding hydrogens is 204 g/mol. The highest BCUT2D eigenvalue weighted by molar-refractivity contribution is 5.66. The molecule has 0 aliphatic carbocycles. The molecule has 2 atom stereocenters. The molecule has 0 radical (unpaired) electrons. The topological polar surface area (TPSA) is 57.5 Å². The van der Waals surface area contributed by atoms with Gasteiger partial charge in [-0.2, -0.15) is 0 Å². The van der Waals surface area contributed by atoms with Gasteiger partial charge in [0.15, 0.2) is 0 Å². The Bertz CT molecular complexity index is 213. The van der Waals surface area contributed by atoms with Crippen molar-refractivity contribution in [2.75, 3.05) is 0 Å². The van der Waals surface area contributed by atoms with Gasteiger partial charge in [-0.15, -0.1) is 0 Å². The summed E-state index contributed by atoms with van der Waals surface area (Å²) in [5.41, 5.74) is -0.696. The van der Waals surface area contributed by atoms with E-state index in [2.05, 4.69) is 20.8 Å². The predicted molar refractivity (Wildman–Crippen MR) is 65.3 cm³/mol. The van der Waals surface area contributed by atoms with Gasteiger partial charge in [-0.25, -0.2) is 0 Å². The molecule has 16 heavy (non-hydrogen) atoms. The molecule has 0 saturated carbocycles. The summed E-state index contributed by atoms with van der Waals surface area (Å²) in [6.07, 6.45) is 2.98. The summed E-state index contributed by atoms with van der Waals surface area (Å²) in [6, 6.07) is 0. The molecule has 3 nitrogen and oxygen atoms in total. The van der Waals surface area contributed by atoms with Crippen molar-refractivity contribution in [3.8, 4) is 0 Å². The lowest BCUT2D eigenvalue weighted by molar-refractivity contribution is -0.137. The number of hydrogen-bond donors (Lipinski definition) is 2. The minimum Gasteiger partial charge on any atom is -0.481 e. The summed E-state index contributed by atoms with van der Waals surface area (Å²) >= 11 is 0. The Morgan fingerprint density at radius 1 is 1.31 bits per heavy atom. The number of carboxylic acid groups (broad SMARTS) is 1. The van der Waals surface area contributed by atoms with Crippen molar-refractivity contribution in [3.63, 3.8) is 0 Å². The Balaban J connectivity index is 4.35. The Kier molecular flexibility index (Phi) is 6.65. The Morgan fingerprint density at radius 3 is 2.25 bits per heavy atom. The Hall–Kier alpha value is -0.570. The van der Waals surface area contributed by atoms with E-state index in [1.807, 2.05) is 6.92 Å². The summed E-state index contributed by atoms with van der Waals surface area (Å²) in [6.45, 7) is 8.28. The standard InChI is InChI=1S/C13H26O3/c1-5-11(4)13(16,9-10(2)3)8-6-7-12(14)15/h10-11,16H,5-9H2,1-4H3,(H,14,15). The van der Waals surface area contributed by atoms with E-state index in [1.54, 1.807) is 0 Å². The van der Waals surface area contributed by atoms with Crippen LogP contribution in [0.1, 0.15) is 59.8 Å². The lowest BCUT2D eigenvalue weighted by atomic mass is 9.77. The van der Waals surface area contributed by atoms with Gasteiger partial charge in [0.05, 0.1) is 5.60 Å². The molecule has 2 unspecified atom stereocenters. The molecule has 0 aliphatic rings. The average Bonchev–Trinajstić information content (AvgIpc) is 2.14. The van der Waals surface area contributed by atoms with Gasteiger partial charge in [0.25, 0.3) is 0 Å². The molecule has 0 heterocycles. The van der Waals surface area contributed by atoms with Crippen LogP contribution in [0.5, 0.6) is 0 Å². The van der Waals surface area contributed by atoms with Gasteiger partial charge < -0.3 is 10.2 Å². The van der Waals surface area contributed by atoms with E-state index in [1.165, 1.54) is 0 Å². The zero-order valence-corrected chi connectivity index (χ0v) is 11.0. The minimum absolute atomic E-state index is 0.150. The highest BCUT2D eigenvalue weighted by atomic mass is 16.4.